The number of thiophene rings is 1. The summed E-state index contributed by atoms with van der Waals surface area (Å²) in [7, 11) is 0. The molecule has 1 amide bonds. The number of rotatable bonds is 4. The first-order valence-corrected chi connectivity index (χ1v) is 9.43. The van der Waals surface area contributed by atoms with Gasteiger partial charge in [0.25, 0.3) is 5.91 Å². The van der Waals surface area contributed by atoms with Crippen molar-refractivity contribution in [3.63, 3.8) is 0 Å². The predicted molar refractivity (Wildman–Crippen MR) is 97.8 cm³/mol. The second-order valence-electron chi connectivity index (χ2n) is 6.35. The van der Waals surface area contributed by atoms with Crippen molar-refractivity contribution in [2.24, 2.45) is 0 Å². The third kappa shape index (κ3) is 3.49. The fraction of sp³-hybridized carbons (Fsp3) is 0.316. The van der Waals surface area contributed by atoms with E-state index in [1.807, 2.05) is 46.9 Å². The Kier molecular flexibility index (Phi) is 4.61. The number of carbonyl (C=O) groups excluding carboxylic acids is 1. The smallest absolute Gasteiger partial charge is 0.263 e. The highest BCUT2D eigenvalue weighted by Crippen LogP contribution is 2.28. The molecule has 0 radical (unpaired) electrons. The maximum Gasteiger partial charge on any atom is 0.263 e. The Balaban J connectivity index is 1.42. The van der Waals surface area contributed by atoms with Gasteiger partial charge in [0.1, 0.15) is 12.2 Å². The minimum atomic E-state index is 0.152. The average Bonchev–Trinajstić information content (AvgIpc) is 3.34. The van der Waals surface area contributed by atoms with E-state index in [0.717, 1.165) is 43.2 Å². The number of benzene rings is 1. The molecule has 0 aliphatic carbocycles. The van der Waals surface area contributed by atoms with Crippen molar-refractivity contribution in [3.8, 4) is 0 Å². The Hall–Kier alpha value is -2.47. The Morgan fingerprint density at radius 1 is 1.12 bits per heavy atom. The highest BCUT2D eigenvalue weighted by atomic mass is 32.1. The van der Waals surface area contributed by atoms with E-state index < -0.39 is 0 Å². The van der Waals surface area contributed by atoms with E-state index >= 15 is 0 Å². The number of hydrogen-bond acceptors (Lipinski definition) is 4. The summed E-state index contributed by atoms with van der Waals surface area (Å²) >= 11 is 1.51. The largest absolute Gasteiger partial charge is 0.338 e. The minimum absolute atomic E-state index is 0.152. The van der Waals surface area contributed by atoms with Crippen LogP contribution in [0.1, 0.15) is 39.8 Å². The van der Waals surface area contributed by atoms with Crippen molar-refractivity contribution in [2.75, 3.05) is 13.1 Å². The molecule has 0 unspecified atom stereocenters. The van der Waals surface area contributed by atoms with Crippen LogP contribution in [-0.4, -0.2) is 38.7 Å². The van der Waals surface area contributed by atoms with Gasteiger partial charge < -0.3 is 9.47 Å². The molecule has 1 saturated heterocycles. The fourth-order valence-corrected chi connectivity index (χ4v) is 4.07. The molecule has 2 aromatic heterocycles. The molecule has 4 rings (SSSR count). The number of hydrogen-bond donors (Lipinski definition) is 0. The van der Waals surface area contributed by atoms with Crippen LogP contribution >= 0.6 is 11.3 Å². The van der Waals surface area contributed by atoms with Crippen molar-refractivity contribution >= 4 is 17.2 Å². The lowest BCUT2D eigenvalue weighted by Crippen LogP contribution is -2.38. The summed E-state index contributed by atoms with van der Waals surface area (Å²) in [5.74, 6) is 1.55. The number of piperidine rings is 1. The summed E-state index contributed by atoms with van der Waals surface area (Å²) in [5, 5.41) is 10.4. The molecule has 6 heteroatoms. The molecule has 0 saturated carbocycles. The molecule has 1 fully saturated rings. The summed E-state index contributed by atoms with van der Waals surface area (Å²) < 4.78 is 2.14. The minimum Gasteiger partial charge on any atom is -0.338 e. The van der Waals surface area contributed by atoms with Crippen LogP contribution < -0.4 is 0 Å². The molecule has 5 nitrogen and oxygen atoms in total. The molecule has 1 aliphatic heterocycles. The van der Waals surface area contributed by atoms with Crippen molar-refractivity contribution in [2.45, 2.75) is 25.3 Å². The van der Waals surface area contributed by atoms with Crippen LogP contribution in [0.5, 0.6) is 0 Å². The summed E-state index contributed by atoms with van der Waals surface area (Å²) in [5.41, 5.74) is 1.24. The number of likely N-dealkylation sites (tertiary alicyclic amines) is 1. The maximum absolute atomic E-state index is 12.5. The van der Waals surface area contributed by atoms with Crippen molar-refractivity contribution < 1.29 is 4.79 Å². The molecular weight excluding hydrogens is 332 g/mol. The van der Waals surface area contributed by atoms with E-state index in [2.05, 4.69) is 26.9 Å². The van der Waals surface area contributed by atoms with E-state index in [-0.39, 0.29) is 5.91 Å². The summed E-state index contributed by atoms with van der Waals surface area (Å²) in [4.78, 5) is 15.2. The van der Waals surface area contributed by atoms with Gasteiger partial charge in [-0.1, -0.05) is 36.4 Å². The van der Waals surface area contributed by atoms with Crippen molar-refractivity contribution in [1.82, 2.24) is 19.7 Å². The third-order valence-electron chi connectivity index (χ3n) is 4.72. The lowest BCUT2D eigenvalue weighted by molar-refractivity contribution is 0.0715. The Bertz CT molecular complexity index is 820. The summed E-state index contributed by atoms with van der Waals surface area (Å²) in [6.07, 6.45) is 3.68. The van der Waals surface area contributed by atoms with Gasteiger partial charge in [-0.3, -0.25) is 4.79 Å². The first-order chi connectivity index (χ1) is 12.3. The molecular formula is C19H20N4OS. The maximum atomic E-state index is 12.5. The third-order valence-corrected chi connectivity index (χ3v) is 5.58. The summed E-state index contributed by atoms with van der Waals surface area (Å²) in [6.45, 7) is 2.34. The van der Waals surface area contributed by atoms with Gasteiger partial charge in [-0.15, -0.1) is 21.5 Å². The Labute approximate surface area is 150 Å². The van der Waals surface area contributed by atoms with E-state index in [0.29, 0.717) is 5.92 Å². The normalized spacial score (nSPS) is 15.4. The monoisotopic (exact) mass is 352 g/mol. The second-order valence-corrected chi connectivity index (χ2v) is 7.29. The van der Waals surface area contributed by atoms with Gasteiger partial charge in [-0.25, -0.2) is 0 Å². The molecule has 0 N–H and O–H groups in total. The van der Waals surface area contributed by atoms with Crippen LogP contribution in [-0.2, 0) is 6.54 Å². The van der Waals surface area contributed by atoms with Crippen LogP contribution in [0.4, 0.5) is 0 Å². The molecule has 0 atom stereocenters. The van der Waals surface area contributed by atoms with Gasteiger partial charge in [-0.2, -0.15) is 0 Å². The molecule has 128 valence electrons. The van der Waals surface area contributed by atoms with Crippen LogP contribution in [0.3, 0.4) is 0 Å². The molecule has 1 aliphatic rings. The van der Waals surface area contributed by atoms with E-state index in [9.17, 15) is 4.79 Å². The van der Waals surface area contributed by atoms with Gasteiger partial charge in [0.2, 0.25) is 0 Å². The lowest BCUT2D eigenvalue weighted by Gasteiger charge is -2.31. The number of amides is 1. The lowest BCUT2D eigenvalue weighted by atomic mass is 9.95. The quantitative estimate of drug-likeness (QED) is 0.723. The van der Waals surface area contributed by atoms with Crippen LogP contribution in [0.15, 0.2) is 54.2 Å². The van der Waals surface area contributed by atoms with Gasteiger partial charge >= 0.3 is 0 Å². The SMILES string of the molecule is O=C(c1cccs1)N1CCC(c2nncn2Cc2ccccc2)CC1. The average molecular weight is 352 g/mol. The van der Waals surface area contributed by atoms with Crippen LogP contribution in [0.2, 0.25) is 0 Å². The van der Waals surface area contributed by atoms with Gasteiger partial charge in [0.15, 0.2) is 0 Å². The number of carbonyl (C=O) groups is 1. The molecule has 25 heavy (non-hydrogen) atoms. The summed E-state index contributed by atoms with van der Waals surface area (Å²) in [6, 6.07) is 14.2. The highest BCUT2D eigenvalue weighted by Gasteiger charge is 2.27. The zero-order valence-electron chi connectivity index (χ0n) is 13.9. The Morgan fingerprint density at radius 2 is 1.92 bits per heavy atom. The predicted octanol–water partition coefficient (Wildman–Crippen LogP) is 3.41. The topological polar surface area (TPSA) is 51.0 Å². The molecule has 1 aromatic carbocycles. The molecule has 0 bridgehead atoms. The highest BCUT2D eigenvalue weighted by molar-refractivity contribution is 7.12. The molecule has 3 aromatic rings. The Morgan fingerprint density at radius 3 is 2.64 bits per heavy atom. The zero-order valence-corrected chi connectivity index (χ0v) is 14.7. The van der Waals surface area contributed by atoms with E-state index in [1.54, 1.807) is 0 Å². The van der Waals surface area contributed by atoms with Gasteiger partial charge in [-0.05, 0) is 29.9 Å². The first-order valence-electron chi connectivity index (χ1n) is 8.55. The molecule has 0 spiro atoms. The van der Waals surface area contributed by atoms with E-state index in [4.69, 9.17) is 0 Å². The van der Waals surface area contributed by atoms with E-state index in [1.165, 1.54) is 16.9 Å². The second kappa shape index (κ2) is 7.19. The van der Waals surface area contributed by atoms with Crippen molar-refractivity contribution in [3.05, 3.63) is 70.4 Å². The first kappa shape index (κ1) is 16.0. The molecule has 3 heterocycles. The van der Waals surface area contributed by atoms with Gasteiger partial charge in [0.05, 0.1) is 11.4 Å². The van der Waals surface area contributed by atoms with Crippen LogP contribution in [0.25, 0.3) is 0 Å². The zero-order chi connectivity index (χ0) is 17.1. The number of aromatic nitrogens is 3. The standard InChI is InChI=1S/C19H20N4OS/c24-19(17-7-4-12-25-17)22-10-8-16(9-11-22)18-21-20-14-23(18)13-15-5-2-1-3-6-15/h1-7,12,14,16H,8-11,13H2. The van der Waals surface area contributed by atoms with Gasteiger partial charge in [0, 0.05) is 19.0 Å². The number of nitrogens with zero attached hydrogens (tertiary/aromatic N) is 4. The van der Waals surface area contributed by atoms with Crippen molar-refractivity contribution in [1.29, 1.82) is 0 Å². The fourth-order valence-electron chi connectivity index (χ4n) is 3.38. The van der Waals surface area contributed by atoms with Crippen LogP contribution in [0, 0.1) is 0 Å².